The maximum atomic E-state index is 12.3. The normalized spacial score (nSPS) is 16.4. The topological polar surface area (TPSA) is 64.1 Å². The van der Waals surface area contributed by atoms with E-state index in [2.05, 4.69) is 15.3 Å². The first kappa shape index (κ1) is 12.6. The van der Waals surface area contributed by atoms with Crippen LogP contribution < -0.4 is 10.1 Å². The molecule has 5 nitrogen and oxygen atoms in total. The second-order valence-corrected chi connectivity index (χ2v) is 4.90. The van der Waals surface area contributed by atoms with Crippen molar-refractivity contribution in [3.63, 3.8) is 0 Å². The monoisotopic (exact) mass is 269 g/mol. The first-order valence-electron chi connectivity index (χ1n) is 6.52. The summed E-state index contributed by atoms with van der Waals surface area (Å²) in [6.07, 6.45) is 4.13. The van der Waals surface area contributed by atoms with Gasteiger partial charge in [-0.1, -0.05) is 12.1 Å². The molecule has 102 valence electrons. The summed E-state index contributed by atoms with van der Waals surface area (Å²) in [4.78, 5) is 20.4. The number of anilines is 1. The van der Waals surface area contributed by atoms with Crippen molar-refractivity contribution >= 4 is 11.6 Å². The minimum Gasteiger partial charge on any atom is -0.489 e. The zero-order valence-electron chi connectivity index (χ0n) is 11.4. The Morgan fingerprint density at radius 1 is 1.35 bits per heavy atom. The van der Waals surface area contributed by atoms with Crippen molar-refractivity contribution in [1.29, 1.82) is 0 Å². The van der Waals surface area contributed by atoms with Crippen molar-refractivity contribution < 1.29 is 9.53 Å². The molecule has 1 aliphatic rings. The standard InChI is InChI=1S/C15H15N3O2/c1-9-6-11-4-3-5-13(14(11)20-9)15(19)18-12-7-16-10(2)17-8-12/h3-5,7-9H,6H2,1-2H3,(H,18,19). The van der Waals surface area contributed by atoms with Crippen LogP contribution in [0.1, 0.15) is 28.7 Å². The number of nitrogens with zero attached hydrogens (tertiary/aromatic N) is 2. The van der Waals surface area contributed by atoms with Gasteiger partial charge in [-0.3, -0.25) is 4.79 Å². The summed E-state index contributed by atoms with van der Waals surface area (Å²) >= 11 is 0. The molecule has 1 atom stereocenters. The maximum Gasteiger partial charge on any atom is 0.259 e. The molecule has 20 heavy (non-hydrogen) atoms. The van der Waals surface area contributed by atoms with Crippen LogP contribution in [0.3, 0.4) is 0 Å². The number of rotatable bonds is 2. The Hall–Kier alpha value is -2.43. The van der Waals surface area contributed by atoms with E-state index in [0.29, 0.717) is 22.8 Å². The lowest BCUT2D eigenvalue weighted by atomic mass is 10.1. The molecule has 0 spiro atoms. The Kier molecular flexibility index (Phi) is 3.10. The molecule has 1 unspecified atom stereocenters. The highest BCUT2D eigenvalue weighted by atomic mass is 16.5. The number of amides is 1. The number of carbonyl (C=O) groups is 1. The lowest BCUT2D eigenvalue weighted by Crippen LogP contribution is -2.14. The van der Waals surface area contributed by atoms with E-state index >= 15 is 0 Å². The van der Waals surface area contributed by atoms with E-state index in [0.717, 1.165) is 12.0 Å². The molecule has 1 aromatic carbocycles. The minimum atomic E-state index is -0.205. The molecule has 1 amide bonds. The third kappa shape index (κ3) is 2.34. The van der Waals surface area contributed by atoms with Crippen LogP contribution in [-0.4, -0.2) is 22.0 Å². The van der Waals surface area contributed by atoms with Crippen LogP contribution in [0.5, 0.6) is 5.75 Å². The van der Waals surface area contributed by atoms with Crippen LogP contribution in [-0.2, 0) is 6.42 Å². The molecular weight excluding hydrogens is 254 g/mol. The number of ether oxygens (including phenoxy) is 1. The van der Waals surface area contributed by atoms with Crippen molar-refractivity contribution in [2.45, 2.75) is 26.4 Å². The van der Waals surface area contributed by atoms with E-state index in [1.165, 1.54) is 0 Å². The maximum absolute atomic E-state index is 12.3. The molecule has 0 radical (unpaired) electrons. The minimum absolute atomic E-state index is 0.113. The number of fused-ring (bicyclic) bond motifs is 1. The average Bonchev–Trinajstić information content (AvgIpc) is 2.81. The summed E-state index contributed by atoms with van der Waals surface area (Å²) in [5.41, 5.74) is 2.20. The van der Waals surface area contributed by atoms with E-state index in [1.807, 2.05) is 19.1 Å². The summed E-state index contributed by atoms with van der Waals surface area (Å²) in [5.74, 6) is 1.15. The third-order valence-electron chi connectivity index (χ3n) is 3.21. The quantitative estimate of drug-likeness (QED) is 0.909. The van der Waals surface area contributed by atoms with Crippen molar-refractivity contribution in [2.75, 3.05) is 5.32 Å². The van der Waals surface area contributed by atoms with Gasteiger partial charge in [0.1, 0.15) is 17.7 Å². The summed E-state index contributed by atoms with van der Waals surface area (Å²) < 4.78 is 5.72. The summed E-state index contributed by atoms with van der Waals surface area (Å²) in [7, 11) is 0. The zero-order chi connectivity index (χ0) is 14.1. The highest BCUT2D eigenvalue weighted by molar-refractivity contribution is 6.06. The van der Waals surface area contributed by atoms with Crippen LogP contribution in [0.2, 0.25) is 0 Å². The summed E-state index contributed by atoms with van der Waals surface area (Å²) in [5, 5.41) is 2.79. The lowest BCUT2D eigenvalue weighted by Gasteiger charge is -2.09. The summed E-state index contributed by atoms with van der Waals surface area (Å²) in [6.45, 7) is 3.79. The Morgan fingerprint density at radius 3 is 2.85 bits per heavy atom. The number of hydrogen-bond acceptors (Lipinski definition) is 4. The zero-order valence-corrected chi connectivity index (χ0v) is 11.4. The van der Waals surface area contributed by atoms with Crippen LogP contribution in [0, 0.1) is 6.92 Å². The van der Waals surface area contributed by atoms with Crippen molar-refractivity contribution in [1.82, 2.24) is 9.97 Å². The van der Waals surface area contributed by atoms with Gasteiger partial charge in [0.25, 0.3) is 5.91 Å². The number of para-hydroxylation sites is 1. The molecule has 3 rings (SSSR count). The predicted molar refractivity (Wildman–Crippen MR) is 75.0 cm³/mol. The molecule has 0 saturated heterocycles. The molecule has 0 fully saturated rings. The molecule has 5 heteroatoms. The number of hydrogen-bond donors (Lipinski definition) is 1. The van der Waals surface area contributed by atoms with Crippen molar-refractivity contribution in [3.05, 3.63) is 47.5 Å². The molecule has 0 bridgehead atoms. The van der Waals surface area contributed by atoms with Gasteiger partial charge >= 0.3 is 0 Å². The van der Waals surface area contributed by atoms with Gasteiger partial charge in [0, 0.05) is 6.42 Å². The van der Waals surface area contributed by atoms with Gasteiger partial charge in [0.2, 0.25) is 0 Å². The van der Waals surface area contributed by atoms with Crippen LogP contribution in [0.15, 0.2) is 30.6 Å². The van der Waals surface area contributed by atoms with Crippen LogP contribution in [0.25, 0.3) is 0 Å². The molecule has 0 aliphatic carbocycles. The van der Waals surface area contributed by atoms with Gasteiger partial charge in [0.15, 0.2) is 0 Å². The molecule has 2 aromatic rings. The number of aryl methyl sites for hydroxylation is 1. The Labute approximate surface area is 117 Å². The van der Waals surface area contributed by atoms with Crippen molar-refractivity contribution in [2.24, 2.45) is 0 Å². The van der Waals surface area contributed by atoms with E-state index in [1.54, 1.807) is 25.4 Å². The fourth-order valence-corrected chi connectivity index (χ4v) is 2.27. The second-order valence-electron chi connectivity index (χ2n) is 4.90. The number of aromatic nitrogens is 2. The van der Waals surface area contributed by atoms with Gasteiger partial charge in [-0.2, -0.15) is 0 Å². The fourth-order valence-electron chi connectivity index (χ4n) is 2.27. The highest BCUT2D eigenvalue weighted by Crippen LogP contribution is 2.32. The van der Waals surface area contributed by atoms with E-state index in [-0.39, 0.29) is 12.0 Å². The van der Waals surface area contributed by atoms with Crippen molar-refractivity contribution in [3.8, 4) is 5.75 Å². The number of carbonyl (C=O) groups excluding carboxylic acids is 1. The molecule has 1 N–H and O–H groups in total. The molecule has 2 heterocycles. The molecule has 1 aromatic heterocycles. The van der Waals surface area contributed by atoms with Gasteiger partial charge in [-0.15, -0.1) is 0 Å². The average molecular weight is 269 g/mol. The first-order chi connectivity index (χ1) is 9.63. The van der Waals surface area contributed by atoms with Gasteiger partial charge in [-0.25, -0.2) is 9.97 Å². The number of benzene rings is 1. The van der Waals surface area contributed by atoms with E-state index in [9.17, 15) is 4.79 Å². The van der Waals surface area contributed by atoms with Gasteiger partial charge < -0.3 is 10.1 Å². The molecular formula is C15H15N3O2. The Bertz CT molecular complexity index is 653. The first-order valence-corrected chi connectivity index (χ1v) is 6.52. The van der Waals surface area contributed by atoms with Crippen LogP contribution >= 0.6 is 0 Å². The van der Waals surface area contributed by atoms with Crippen LogP contribution in [0.4, 0.5) is 5.69 Å². The third-order valence-corrected chi connectivity index (χ3v) is 3.21. The smallest absolute Gasteiger partial charge is 0.259 e. The molecule has 0 saturated carbocycles. The van der Waals surface area contributed by atoms with Gasteiger partial charge in [-0.05, 0) is 25.5 Å². The lowest BCUT2D eigenvalue weighted by molar-refractivity contribution is 0.102. The summed E-state index contributed by atoms with van der Waals surface area (Å²) in [6, 6.07) is 5.63. The van der Waals surface area contributed by atoms with E-state index in [4.69, 9.17) is 4.74 Å². The second kappa shape index (κ2) is 4.92. The fraction of sp³-hybridized carbons (Fsp3) is 0.267. The Morgan fingerprint density at radius 2 is 2.10 bits per heavy atom. The SMILES string of the molecule is Cc1ncc(NC(=O)c2cccc3c2OC(C)C3)cn1. The predicted octanol–water partition coefficient (Wildman–Crippen LogP) is 2.36. The Balaban J connectivity index is 1.85. The van der Waals surface area contributed by atoms with Gasteiger partial charge in [0.05, 0.1) is 23.6 Å². The molecule has 1 aliphatic heterocycles. The van der Waals surface area contributed by atoms with E-state index < -0.39 is 0 Å². The highest BCUT2D eigenvalue weighted by Gasteiger charge is 2.24. The number of nitrogens with one attached hydrogen (secondary N) is 1. The largest absolute Gasteiger partial charge is 0.489 e.